The Balaban J connectivity index is 3.42. The van der Waals surface area contributed by atoms with E-state index < -0.39 is 0 Å². The lowest BCUT2D eigenvalue weighted by Crippen LogP contribution is -2.25. The summed E-state index contributed by atoms with van der Waals surface area (Å²) in [6.45, 7) is 7.39. The lowest BCUT2D eigenvalue weighted by molar-refractivity contribution is -0.0205. The molecule has 0 atom stereocenters. The number of hydrogen-bond donors (Lipinski definition) is 0. The minimum atomic E-state index is -0.0954. The fourth-order valence-electron chi connectivity index (χ4n) is 1.99. The molecule has 0 rings (SSSR count). The Morgan fingerprint density at radius 2 is 1.67 bits per heavy atom. The number of unbranched alkanes of at least 4 members (excludes halogenated alkanes) is 6. The molecule has 0 unspecified atom stereocenters. The summed E-state index contributed by atoms with van der Waals surface area (Å²) in [6, 6.07) is 0. The largest absolute Gasteiger partial charge is 0.374 e. The van der Waals surface area contributed by atoms with Gasteiger partial charge in [0, 0.05) is 0 Å². The number of carbonyl (C=O) groups excluding carboxylic acids is 1. The van der Waals surface area contributed by atoms with Gasteiger partial charge in [-0.25, -0.2) is 9.79 Å². The van der Waals surface area contributed by atoms with E-state index in [1.54, 1.807) is 0 Å². The van der Waals surface area contributed by atoms with Crippen molar-refractivity contribution in [2.75, 3.05) is 13.2 Å². The van der Waals surface area contributed by atoms with E-state index in [1.165, 1.54) is 51.0 Å². The fourth-order valence-corrected chi connectivity index (χ4v) is 1.99. The second-order valence-electron chi connectivity index (χ2n) is 5.45. The molecule has 0 saturated carbocycles. The van der Waals surface area contributed by atoms with Crippen molar-refractivity contribution in [2.24, 2.45) is 4.99 Å². The normalized spacial score (nSPS) is 11.3. The first-order chi connectivity index (χ1) is 8.62. The molecular weight excluding hydrogens is 226 g/mol. The quantitative estimate of drug-likeness (QED) is 0.297. The maximum atomic E-state index is 9.90. The van der Waals surface area contributed by atoms with Gasteiger partial charge in [0.25, 0.3) is 0 Å². The predicted molar refractivity (Wildman–Crippen MR) is 75.6 cm³/mol. The molecule has 0 N–H and O–H groups in total. The van der Waals surface area contributed by atoms with Crippen LogP contribution in [-0.2, 0) is 9.53 Å². The van der Waals surface area contributed by atoms with E-state index in [2.05, 4.69) is 25.8 Å². The van der Waals surface area contributed by atoms with Crippen molar-refractivity contribution in [3.05, 3.63) is 0 Å². The van der Waals surface area contributed by atoms with Gasteiger partial charge in [-0.05, 0) is 20.3 Å². The van der Waals surface area contributed by atoms with Gasteiger partial charge >= 0.3 is 0 Å². The van der Waals surface area contributed by atoms with Gasteiger partial charge in [0.15, 0.2) is 0 Å². The summed E-state index contributed by atoms with van der Waals surface area (Å²) in [4.78, 5) is 13.4. The van der Waals surface area contributed by atoms with E-state index in [1.807, 2.05) is 0 Å². The Kier molecular flexibility index (Phi) is 11.0. The highest BCUT2D eigenvalue weighted by molar-refractivity contribution is 5.32. The number of hydrogen-bond acceptors (Lipinski definition) is 3. The van der Waals surface area contributed by atoms with Crippen molar-refractivity contribution in [1.29, 1.82) is 0 Å². The highest BCUT2D eigenvalue weighted by Crippen LogP contribution is 2.19. The lowest BCUT2D eigenvalue weighted by Gasteiger charge is -2.24. The summed E-state index contributed by atoms with van der Waals surface area (Å²) in [5.41, 5.74) is -0.0954. The summed E-state index contributed by atoms with van der Waals surface area (Å²) in [6.07, 6.45) is 11.9. The number of ether oxygens (including phenoxy) is 1. The van der Waals surface area contributed by atoms with Gasteiger partial charge in [-0.3, -0.25) is 0 Å². The maximum Gasteiger partial charge on any atom is 0.235 e. The third kappa shape index (κ3) is 11.8. The molecule has 0 aromatic rings. The van der Waals surface area contributed by atoms with Gasteiger partial charge in [0.1, 0.15) is 0 Å². The Hall–Kier alpha value is -0.660. The Morgan fingerprint density at radius 3 is 2.28 bits per heavy atom. The number of aliphatic imine (C=N–C) groups is 1. The molecule has 0 saturated heterocycles. The van der Waals surface area contributed by atoms with Crippen molar-refractivity contribution in [3.8, 4) is 0 Å². The molecule has 0 fully saturated rings. The van der Waals surface area contributed by atoms with Crippen LogP contribution in [0.5, 0.6) is 0 Å². The first kappa shape index (κ1) is 17.3. The van der Waals surface area contributed by atoms with E-state index in [4.69, 9.17) is 4.74 Å². The Labute approximate surface area is 112 Å². The van der Waals surface area contributed by atoms with Gasteiger partial charge in [-0.2, -0.15) is 0 Å². The van der Waals surface area contributed by atoms with Crippen molar-refractivity contribution < 1.29 is 9.53 Å². The van der Waals surface area contributed by atoms with E-state index in [-0.39, 0.29) is 5.60 Å². The third-order valence-electron chi connectivity index (χ3n) is 3.14. The summed E-state index contributed by atoms with van der Waals surface area (Å²) < 4.78 is 5.70. The minimum absolute atomic E-state index is 0.0954. The van der Waals surface area contributed by atoms with Crippen LogP contribution in [0.15, 0.2) is 4.99 Å². The van der Waals surface area contributed by atoms with Crippen molar-refractivity contribution in [2.45, 2.75) is 77.7 Å². The van der Waals surface area contributed by atoms with Gasteiger partial charge in [0.05, 0.1) is 18.8 Å². The molecule has 0 aromatic heterocycles. The Bertz CT molecular complexity index is 233. The standard InChI is InChI=1S/C15H29NO2/c1-4-5-6-7-8-9-10-11-15(2,3)18-13-12-16-14-17/h4-13H2,1-3H3. The SMILES string of the molecule is CCCCCCCCCC(C)(C)OCCN=C=O. The molecular formula is C15H29NO2. The van der Waals surface area contributed by atoms with Crippen LogP contribution in [0.4, 0.5) is 0 Å². The van der Waals surface area contributed by atoms with Crippen LogP contribution >= 0.6 is 0 Å². The zero-order valence-corrected chi connectivity index (χ0v) is 12.3. The number of nitrogens with zero attached hydrogens (tertiary/aromatic N) is 1. The molecule has 0 aliphatic rings. The van der Waals surface area contributed by atoms with E-state index in [9.17, 15) is 4.79 Å². The van der Waals surface area contributed by atoms with Crippen LogP contribution in [0.25, 0.3) is 0 Å². The first-order valence-corrected chi connectivity index (χ1v) is 7.30. The van der Waals surface area contributed by atoms with E-state index in [0.717, 1.165) is 6.42 Å². The molecule has 3 nitrogen and oxygen atoms in total. The molecule has 0 bridgehead atoms. The molecule has 0 spiro atoms. The smallest absolute Gasteiger partial charge is 0.235 e. The lowest BCUT2D eigenvalue weighted by atomic mass is 9.99. The average Bonchev–Trinajstić information content (AvgIpc) is 2.34. The molecule has 0 heterocycles. The average molecular weight is 255 g/mol. The monoisotopic (exact) mass is 255 g/mol. The molecule has 106 valence electrons. The second kappa shape index (κ2) is 11.4. The number of rotatable bonds is 12. The maximum absolute atomic E-state index is 9.90. The fraction of sp³-hybridized carbons (Fsp3) is 0.933. The zero-order chi connectivity index (χ0) is 13.7. The van der Waals surface area contributed by atoms with Gasteiger partial charge in [-0.15, -0.1) is 0 Å². The van der Waals surface area contributed by atoms with Crippen molar-refractivity contribution in [1.82, 2.24) is 0 Å². The highest BCUT2D eigenvalue weighted by Gasteiger charge is 2.17. The topological polar surface area (TPSA) is 38.7 Å². The van der Waals surface area contributed by atoms with Crippen LogP contribution in [0, 0.1) is 0 Å². The summed E-state index contributed by atoms with van der Waals surface area (Å²) in [5.74, 6) is 0. The molecule has 0 aliphatic carbocycles. The van der Waals surface area contributed by atoms with Crippen LogP contribution in [0.3, 0.4) is 0 Å². The van der Waals surface area contributed by atoms with Crippen molar-refractivity contribution in [3.63, 3.8) is 0 Å². The molecule has 3 heteroatoms. The molecule has 0 amide bonds. The zero-order valence-electron chi connectivity index (χ0n) is 12.3. The second-order valence-corrected chi connectivity index (χ2v) is 5.45. The Morgan fingerprint density at radius 1 is 1.06 bits per heavy atom. The van der Waals surface area contributed by atoms with E-state index >= 15 is 0 Å². The van der Waals surface area contributed by atoms with Gasteiger partial charge in [0.2, 0.25) is 6.08 Å². The first-order valence-electron chi connectivity index (χ1n) is 7.30. The molecule has 0 aliphatic heterocycles. The third-order valence-corrected chi connectivity index (χ3v) is 3.14. The summed E-state index contributed by atoms with van der Waals surface area (Å²) >= 11 is 0. The predicted octanol–water partition coefficient (Wildman–Crippen LogP) is 4.26. The van der Waals surface area contributed by atoms with Crippen LogP contribution in [0.1, 0.15) is 72.1 Å². The van der Waals surface area contributed by atoms with Crippen molar-refractivity contribution >= 4 is 6.08 Å². The molecule has 0 radical (unpaired) electrons. The number of isocyanates is 1. The van der Waals surface area contributed by atoms with Crippen LogP contribution < -0.4 is 0 Å². The molecule has 0 aromatic carbocycles. The van der Waals surface area contributed by atoms with Crippen LogP contribution in [0.2, 0.25) is 0 Å². The highest BCUT2D eigenvalue weighted by atomic mass is 16.5. The van der Waals surface area contributed by atoms with Crippen LogP contribution in [-0.4, -0.2) is 24.8 Å². The van der Waals surface area contributed by atoms with Gasteiger partial charge in [-0.1, -0.05) is 51.9 Å². The minimum Gasteiger partial charge on any atom is -0.374 e. The summed E-state index contributed by atoms with van der Waals surface area (Å²) in [7, 11) is 0. The van der Waals surface area contributed by atoms with E-state index in [0.29, 0.717) is 13.2 Å². The summed E-state index contributed by atoms with van der Waals surface area (Å²) in [5, 5.41) is 0. The van der Waals surface area contributed by atoms with Gasteiger partial charge < -0.3 is 4.74 Å². The molecule has 18 heavy (non-hydrogen) atoms.